The number of hydrogen-bond acceptors (Lipinski definition) is 8. The Kier molecular flexibility index (Phi) is 8.29. The van der Waals surface area contributed by atoms with Crippen molar-refractivity contribution in [1.82, 2.24) is 14.9 Å². The van der Waals surface area contributed by atoms with Crippen molar-refractivity contribution in [3.8, 4) is 6.07 Å². The van der Waals surface area contributed by atoms with Crippen molar-refractivity contribution in [2.24, 2.45) is 5.41 Å². The van der Waals surface area contributed by atoms with Crippen LogP contribution in [0.3, 0.4) is 0 Å². The molecule has 196 valence electrons. The van der Waals surface area contributed by atoms with Gasteiger partial charge >= 0.3 is 0 Å². The van der Waals surface area contributed by atoms with Crippen molar-refractivity contribution in [1.29, 1.82) is 5.26 Å². The Balaban J connectivity index is 1.54. The Morgan fingerprint density at radius 2 is 1.95 bits per heavy atom. The first-order valence-electron chi connectivity index (χ1n) is 13.2. The summed E-state index contributed by atoms with van der Waals surface area (Å²) in [5, 5.41) is 19.2. The number of aromatic nitrogens is 2. The van der Waals surface area contributed by atoms with Gasteiger partial charge in [0.15, 0.2) is 0 Å². The lowest BCUT2D eigenvalue weighted by atomic mass is 9.75. The Bertz CT molecular complexity index is 1150. The number of rotatable bonds is 8. The van der Waals surface area contributed by atoms with Crippen molar-refractivity contribution in [2.75, 3.05) is 53.6 Å². The fraction of sp³-hybridized carbons (Fsp3) is 0.500. The summed E-state index contributed by atoms with van der Waals surface area (Å²) in [7, 11) is 0. The van der Waals surface area contributed by atoms with Crippen LogP contribution < -0.4 is 20.9 Å². The van der Waals surface area contributed by atoms with Gasteiger partial charge in [-0.2, -0.15) is 10.2 Å². The number of piperazine rings is 1. The topological polar surface area (TPSA) is 109 Å². The summed E-state index contributed by atoms with van der Waals surface area (Å²) < 4.78 is 0. The van der Waals surface area contributed by atoms with E-state index >= 15 is 0 Å². The lowest BCUT2D eigenvalue weighted by molar-refractivity contribution is -0.111. The van der Waals surface area contributed by atoms with E-state index in [1.54, 1.807) is 0 Å². The lowest BCUT2D eigenvalue weighted by Gasteiger charge is -2.35. The summed E-state index contributed by atoms with van der Waals surface area (Å²) in [5.41, 5.74) is 3.11. The first-order valence-corrected chi connectivity index (χ1v) is 13.2. The molecular formula is C28H38N8O. The highest BCUT2D eigenvalue weighted by atomic mass is 16.1. The molecule has 2 heterocycles. The Labute approximate surface area is 220 Å². The van der Waals surface area contributed by atoms with Crippen molar-refractivity contribution in [2.45, 2.75) is 52.5 Å². The maximum atomic E-state index is 12.2. The molecule has 1 saturated carbocycles. The van der Waals surface area contributed by atoms with Crippen LogP contribution in [0.1, 0.15) is 52.0 Å². The maximum absolute atomic E-state index is 12.2. The van der Waals surface area contributed by atoms with Gasteiger partial charge in [0.05, 0.1) is 17.6 Å². The van der Waals surface area contributed by atoms with Crippen LogP contribution in [0.25, 0.3) is 0 Å². The van der Waals surface area contributed by atoms with E-state index in [4.69, 9.17) is 0 Å². The van der Waals surface area contributed by atoms with Gasteiger partial charge in [-0.1, -0.05) is 27.4 Å². The monoisotopic (exact) mass is 502 g/mol. The van der Waals surface area contributed by atoms with Gasteiger partial charge < -0.3 is 25.8 Å². The number of nitrogens with zero attached hydrogens (tertiary/aromatic N) is 5. The number of benzene rings is 1. The summed E-state index contributed by atoms with van der Waals surface area (Å²) in [6, 6.07) is 8.41. The molecule has 1 saturated heterocycles. The molecule has 0 bridgehead atoms. The van der Waals surface area contributed by atoms with Gasteiger partial charge in [0.25, 0.3) is 0 Å². The van der Waals surface area contributed by atoms with Crippen LogP contribution in [-0.4, -0.2) is 59.5 Å². The SMILES string of the molecule is C=CC(=O)Nc1cc(N2CCN(CC)CC2)ccc1Nc1ncc(C#N)c(NC2CCC(C)(C)CC2)n1. The van der Waals surface area contributed by atoms with Crippen LogP contribution in [0.15, 0.2) is 37.1 Å². The molecule has 1 aromatic heterocycles. The molecule has 2 aromatic rings. The Hall–Kier alpha value is -3.64. The molecule has 0 unspecified atom stereocenters. The first-order chi connectivity index (χ1) is 17.8. The third kappa shape index (κ3) is 6.77. The second kappa shape index (κ2) is 11.6. The summed E-state index contributed by atoms with van der Waals surface area (Å²) in [4.78, 5) is 25.9. The molecule has 4 rings (SSSR count). The fourth-order valence-electron chi connectivity index (χ4n) is 4.94. The summed E-state index contributed by atoms with van der Waals surface area (Å²) in [6.45, 7) is 15.3. The fourth-order valence-corrected chi connectivity index (χ4v) is 4.94. The largest absolute Gasteiger partial charge is 0.369 e. The molecule has 1 amide bonds. The number of carbonyl (C=O) groups is 1. The number of likely N-dealkylation sites (N-methyl/N-ethyl adjacent to an activating group) is 1. The third-order valence-corrected chi connectivity index (χ3v) is 7.47. The van der Waals surface area contributed by atoms with E-state index in [1.165, 1.54) is 12.3 Å². The average Bonchev–Trinajstić information content (AvgIpc) is 2.91. The average molecular weight is 503 g/mol. The summed E-state index contributed by atoms with van der Waals surface area (Å²) >= 11 is 0. The molecule has 0 spiro atoms. The van der Waals surface area contributed by atoms with E-state index in [0.717, 1.165) is 64.1 Å². The normalized spacial score (nSPS) is 18.1. The third-order valence-electron chi connectivity index (χ3n) is 7.47. The van der Waals surface area contributed by atoms with E-state index < -0.39 is 0 Å². The van der Waals surface area contributed by atoms with E-state index in [-0.39, 0.29) is 11.9 Å². The molecule has 0 atom stereocenters. The zero-order valence-corrected chi connectivity index (χ0v) is 22.2. The molecule has 1 aliphatic heterocycles. The molecule has 9 nitrogen and oxygen atoms in total. The van der Waals surface area contributed by atoms with E-state index in [1.807, 2.05) is 18.2 Å². The number of nitriles is 1. The molecule has 0 radical (unpaired) electrons. The maximum Gasteiger partial charge on any atom is 0.247 e. The second-order valence-electron chi connectivity index (χ2n) is 10.6. The highest BCUT2D eigenvalue weighted by molar-refractivity contribution is 6.01. The van der Waals surface area contributed by atoms with Crippen LogP contribution in [-0.2, 0) is 4.79 Å². The standard InChI is InChI=1S/C28H38N8O/c1-5-25(37)32-24-17-22(36-15-13-35(6-2)14-16-36)7-8-23(24)33-27-30-19-20(18-29)26(34-27)31-21-9-11-28(3,4)12-10-21/h5,7-8,17,19,21H,1,6,9-16H2,2-4H3,(H,32,37)(H2,30,31,33,34). The highest BCUT2D eigenvalue weighted by Gasteiger charge is 2.27. The van der Waals surface area contributed by atoms with Crippen LogP contribution in [0.4, 0.5) is 28.8 Å². The van der Waals surface area contributed by atoms with Gasteiger partial charge in [-0.3, -0.25) is 4.79 Å². The van der Waals surface area contributed by atoms with Crippen molar-refractivity contribution >= 4 is 34.7 Å². The molecule has 9 heteroatoms. The smallest absolute Gasteiger partial charge is 0.247 e. The number of hydrogen-bond donors (Lipinski definition) is 3. The zero-order valence-electron chi connectivity index (χ0n) is 22.2. The second-order valence-corrected chi connectivity index (χ2v) is 10.6. The number of amides is 1. The van der Waals surface area contributed by atoms with Gasteiger partial charge in [0.2, 0.25) is 11.9 Å². The molecule has 3 N–H and O–H groups in total. The number of anilines is 5. The summed E-state index contributed by atoms with van der Waals surface area (Å²) in [6.07, 6.45) is 7.13. The Morgan fingerprint density at radius 1 is 1.22 bits per heavy atom. The van der Waals surface area contributed by atoms with Crippen LogP contribution >= 0.6 is 0 Å². The van der Waals surface area contributed by atoms with Gasteiger partial charge in [0, 0.05) is 37.9 Å². The molecule has 2 aliphatic rings. The number of nitrogens with one attached hydrogen (secondary N) is 3. The zero-order chi connectivity index (χ0) is 26.4. The quantitative estimate of drug-likeness (QED) is 0.444. The van der Waals surface area contributed by atoms with Crippen LogP contribution in [0.2, 0.25) is 0 Å². The van der Waals surface area contributed by atoms with Crippen LogP contribution in [0.5, 0.6) is 0 Å². The number of carbonyl (C=O) groups excluding carboxylic acids is 1. The van der Waals surface area contributed by atoms with Crippen molar-refractivity contribution in [3.63, 3.8) is 0 Å². The van der Waals surface area contributed by atoms with Gasteiger partial charge in [-0.25, -0.2) is 4.98 Å². The minimum absolute atomic E-state index is 0.276. The molecule has 1 aromatic carbocycles. The van der Waals surface area contributed by atoms with Gasteiger partial charge in [-0.15, -0.1) is 0 Å². The lowest BCUT2D eigenvalue weighted by Crippen LogP contribution is -2.46. The van der Waals surface area contributed by atoms with Gasteiger partial charge in [0.1, 0.15) is 17.5 Å². The summed E-state index contributed by atoms with van der Waals surface area (Å²) in [5.74, 6) is 0.599. The molecule has 2 fully saturated rings. The van der Waals surface area contributed by atoms with E-state index in [2.05, 4.69) is 69.1 Å². The molecule has 1 aliphatic carbocycles. The van der Waals surface area contributed by atoms with E-state index in [0.29, 0.717) is 34.1 Å². The minimum Gasteiger partial charge on any atom is -0.369 e. The van der Waals surface area contributed by atoms with Crippen molar-refractivity contribution in [3.05, 3.63) is 42.6 Å². The van der Waals surface area contributed by atoms with Crippen molar-refractivity contribution < 1.29 is 4.79 Å². The highest BCUT2D eigenvalue weighted by Crippen LogP contribution is 2.36. The predicted molar refractivity (Wildman–Crippen MR) is 149 cm³/mol. The van der Waals surface area contributed by atoms with Gasteiger partial charge in [-0.05, 0) is 61.9 Å². The molecule has 37 heavy (non-hydrogen) atoms. The van der Waals surface area contributed by atoms with Crippen LogP contribution in [0, 0.1) is 16.7 Å². The minimum atomic E-state index is -0.292. The molecular weight excluding hydrogens is 464 g/mol. The predicted octanol–water partition coefficient (Wildman–Crippen LogP) is 4.74. The Morgan fingerprint density at radius 3 is 2.59 bits per heavy atom. The van der Waals surface area contributed by atoms with E-state index in [9.17, 15) is 10.1 Å². The first kappa shape index (κ1) is 26.4.